The molecule has 0 fully saturated rings. The molecule has 2 aromatic rings. The first-order valence-electron chi connectivity index (χ1n) is 5.89. The van der Waals surface area contributed by atoms with Crippen molar-refractivity contribution in [1.82, 2.24) is 10.3 Å². The number of para-hydroxylation sites is 1. The summed E-state index contributed by atoms with van der Waals surface area (Å²) in [6, 6.07) is 6.62. The Labute approximate surface area is 120 Å². The molecule has 1 atom stereocenters. The molecule has 21 heavy (non-hydrogen) atoms. The molecule has 1 aromatic carbocycles. The van der Waals surface area contributed by atoms with E-state index in [0.29, 0.717) is 0 Å². The van der Waals surface area contributed by atoms with Gasteiger partial charge in [0.1, 0.15) is 6.04 Å². The number of carboxylic acid groups (broad SMARTS) is 1. The number of nitrogens with two attached hydrogens (primary N) is 1. The number of aliphatic carboxylic acids is 1. The predicted molar refractivity (Wildman–Crippen MR) is 77.9 cm³/mol. The molecular formula is C13H19N3O5. The molecule has 116 valence electrons. The third-order valence-corrected chi connectivity index (χ3v) is 2.92. The van der Waals surface area contributed by atoms with E-state index in [1.165, 1.54) is 0 Å². The van der Waals surface area contributed by atoms with Gasteiger partial charge in [-0.2, -0.15) is 0 Å². The van der Waals surface area contributed by atoms with Gasteiger partial charge >= 0.3 is 5.97 Å². The number of benzene rings is 1. The molecule has 9 N–H and O–H groups in total. The van der Waals surface area contributed by atoms with Crippen molar-refractivity contribution in [1.29, 1.82) is 0 Å². The Kier molecular flexibility index (Phi) is 7.08. The number of carbonyl (C=O) groups is 2. The van der Waals surface area contributed by atoms with Gasteiger partial charge in [0, 0.05) is 23.5 Å². The minimum absolute atomic E-state index is 0. The number of aromatic nitrogens is 1. The number of hydrogen-bond donors (Lipinski definition) is 4. The zero-order chi connectivity index (χ0) is 13.8. The normalized spacial score (nSPS) is 11.1. The molecule has 8 nitrogen and oxygen atoms in total. The van der Waals surface area contributed by atoms with Gasteiger partial charge in [0.05, 0.1) is 6.54 Å². The summed E-state index contributed by atoms with van der Waals surface area (Å²) < 4.78 is 0. The van der Waals surface area contributed by atoms with E-state index in [0.717, 1.165) is 16.5 Å². The van der Waals surface area contributed by atoms with E-state index in [-0.39, 0.29) is 23.9 Å². The lowest BCUT2D eigenvalue weighted by Gasteiger charge is -2.13. The topological polar surface area (TPSA) is 171 Å². The monoisotopic (exact) mass is 297 g/mol. The average molecular weight is 297 g/mol. The van der Waals surface area contributed by atoms with Crippen molar-refractivity contribution in [2.24, 2.45) is 5.73 Å². The lowest BCUT2D eigenvalue weighted by atomic mass is 10.1. The molecule has 1 amide bonds. The Balaban J connectivity index is 0.00000200. The summed E-state index contributed by atoms with van der Waals surface area (Å²) in [6.07, 6.45) is 1.97. The van der Waals surface area contributed by atoms with Crippen LogP contribution in [0.5, 0.6) is 0 Å². The predicted octanol–water partition coefficient (Wildman–Crippen LogP) is -1.41. The quantitative estimate of drug-likeness (QED) is 0.531. The van der Waals surface area contributed by atoms with Gasteiger partial charge in [0.25, 0.3) is 0 Å². The first-order chi connectivity index (χ1) is 9.11. The largest absolute Gasteiger partial charge is 0.480 e. The van der Waals surface area contributed by atoms with Gasteiger partial charge in [-0.05, 0) is 11.6 Å². The minimum Gasteiger partial charge on any atom is -0.480 e. The number of fused-ring (bicyclic) bond motifs is 1. The van der Waals surface area contributed by atoms with Crippen LogP contribution in [-0.2, 0) is 16.0 Å². The van der Waals surface area contributed by atoms with Crippen LogP contribution in [0.25, 0.3) is 10.9 Å². The smallest absolute Gasteiger partial charge is 0.326 e. The number of carboxylic acids is 1. The van der Waals surface area contributed by atoms with Crippen LogP contribution >= 0.6 is 0 Å². The van der Waals surface area contributed by atoms with Crippen LogP contribution in [0.4, 0.5) is 0 Å². The second kappa shape index (κ2) is 8.00. The maximum absolute atomic E-state index is 11.2. The number of nitrogens with one attached hydrogen (secondary N) is 2. The fraction of sp³-hybridized carbons (Fsp3) is 0.231. The van der Waals surface area contributed by atoms with Gasteiger partial charge in [0.15, 0.2) is 0 Å². The van der Waals surface area contributed by atoms with Crippen molar-refractivity contribution in [2.45, 2.75) is 12.5 Å². The van der Waals surface area contributed by atoms with E-state index in [2.05, 4.69) is 10.3 Å². The van der Waals surface area contributed by atoms with Crippen LogP contribution in [-0.4, -0.2) is 45.5 Å². The van der Waals surface area contributed by atoms with E-state index < -0.39 is 17.9 Å². The second-order valence-electron chi connectivity index (χ2n) is 4.23. The van der Waals surface area contributed by atoms with Gasteiger partial charge in [-0.3, -0.25) is 4.79 Å². The van der Waals surface area contributed by atoms with Crippen LogP contribution < -0.4 is 11.1 Å². The van der Waals surface area contributed by atoms with Gasteiger partial charge in [-0.1, -0.05) is 18.2 Å². The van der Waals surface area contributed by atoms with Crippen molar-refractivity contribution in [3.63, 3.8) is 0 Å². The highest BCUT2D eigenvalue weighted by atomic mass is 16.4. The number of rotatable bonds is 5. The van der Waals surface area contributed by atoms with Crippen LogP contribution in [0.3, 0.4) is 0 Å². The molecule has 0 aliphatic rings. The first-order valence-corrected chi connectivity index (χ1v) is 5.89. The van der Waals surface area contributed by atoms with Crippen LogP contribution in [0.1, 0.15) is 5.56 Å². The molecule has 0 saturated carbocycles. The molecule has 0 bridgehead atoms. The average Bonchev–Trinajstić information content (AvgIpc) is 2.81. The van der Waals surface area contributed by atoms with E-state index in [4.69, 9.17) is 10.8 Å². The summed E-state index contributed by atoms with van der Waals surface area (Å²) in [4.78, 5) is 25.4. The Morgan fingerprint density at radius 2 is 1.95 bits per heavy atom. The summed E-state index contributed by atoms with van der Waals surface area (Å²) in [5.41, 5.74) is 6.96. The SMILES string of the molecule is NCC(=O)N[C@@H](Cc1c[nH]c2ccccc12)C(=O)O.O.O. The Hall–Kier alpha value is -2.42. The fourth-order valence-corrected chi connectivity index (χ4v) is 1.97. The highest BCUT2D eigenvalue weighted by Crippen LogP contribution is 2.19. The summed E-state index contributed by atoms with van der Waals surface area (Å²) in [6.45, 7) is -0.225. The van der Waals surface area contributed by atoms with Crippen molar-refractivity contribution in [3.05, 3.63) is 36.0 Å². The highest BCUT2D eigenvalue weighted by molar-refractivity contribution is 5.87. The molecule has 0 radical (unpaired) electrons. The van der Waals surface area contributed by atoms with Crippen molar-refractivity contribution < 1.29 is 25.6 Å². The number of amides is 1. The lowest BCUT2D eigenvalue weighted by molar-refractivity contribution is -0.141. The molecule has 0 unspecified atom stereocenters. The summed E-state index contributed by atoms with van der Waals surface area (Å²) in [7, 11) is 0. The molecule has 0 spiro atoms. The number of H-pyrrole nitrogens is 1. The maximum Gasteiger partial charge on any atom is 0.326 e. The summed E-state index contributed by atoms with van der Waals surface area (Å²) in [5, 5.41) is 12.5. The lowest BCUT2D eigenvalue weighted by Crippen LogP contribution is -2.44. The van der Waals surface area contributed by atoms with Gasteiger partial charge < -0.3 is 32.1 Å². The van der Waals surface area contributed by atoms with E-state index >= 15 is 0 Å². The molecule has 0 saturated heterocycles. The molecule has 0 aliphatic heterocycles. The minimum atomic E-state index is -1.08. The van der Waals surface area contributed by atoms with E-state index in [1.54, 1.807) is 6.20 Å². The van der Waals surface area contributed by atoms with Crippen LogP contribution in [0.15, 0.2) is 30.5 Å². The Morgan fingerprint density at radius 3 is 2.57 bits per heavy atom. The number of hydrogen-bond acceptors (Lipinski definition) is 3. The Bertz CT molecular complexity index is 611. The Morgan fingerprint density at radius 1 is 1.29 bits per heavy atom. The van der Waals surface area contributed by atoms with E-state index in [9.17, 15) is 9.59 Å². The van der Waals surface area contributed by atoms with Gasteiger partial charge in [-0.15, -0.1) is 0 Å². The fourth-order valence-electron chi connectivity index (χ4n) is 1.97. The molecule has 0 aliphatic carbocycles. The van der Waals surface area contributed by atoms with Crippen LogP contribution in [0, 0.1) is 0 Å². The molecule has 1 aromatic heterocycles. The summed E-state index contributed by atoms with van der Waals surface area (Å²) in [5.74, 6) is -1.56. The number of carbonyl (C=O) groups excluding carboxylic acids is 1. The van der Waals surface area contributed by atoms with Crippen molar-refractivity contribution in [3.8, 4) is 0 Å². The molecule has 8 heteroatoms. The van der Waals surface area contributed by atoms with Crippen LogP contribution in [0.2, 0.25) is 0 Å². The maximum atomic E-state index is 11.2. The zero-order valence-corrected chi connectivity index (χ0v) is 11.2. The molecular weight excluding hydrogens is 278 g/mol. The third-order valence-electron chi connectivity index (χ3n) is 2.92. The second-order valence-corrected chi connectivity index (χ2v) is 4.23. The van der Waals surface area contributed by atoms with Gasteiger partial charge in [0.2, 0.25) is 5.91 Å². The summed E-state index contributed by atoms with van der Waals surface area (Å²) >= 11 is 0. The first kappa shape index (κ1) is 18.6. The molecule has 1 heterocycles. The third kappa shape index (κ3) is 4.28. The van der Waals surface area contributed by atoms with Gasteiger partial charge in [-0.25, -0.2) is 4.79 Å². The van der Waals surface area contributed by atoms with Crippen molar-refractivity contribution >= 4 is 22.8 Å². The molecule has 2 rings (SSSR count). The highest BCUT2D eigenvalue weighted by Gasteiger charge is 2.21. The zero-order valence-electron chi connectivity index (χ0n) is 11.2. The number of aromatic amines is 1. The van der Waals surface area contributed by atoms with E-state index in [1.807, 2.05) is 24.3 Å². The van der Waals surface area contributed by atoms with Crippen molar-refractivity contribution in [2.75, 3.05) is 6.54 Å². The standard InChI is InChI=1S/C13H15N3O3.2H2O/c14-6-12(17)16-11(13(18)19)5-8-7-15-10-4-2-1-3-9(8)10;;/h1-4,7,11,15H,5-6,14H2,(H,16,17)(H,18,19);2*1H2/t11-;;/m0../s1.